The third kappa shape index (κ3) is 3.18. The fourth-order valence-corrected chi connectivity index (χ4v) is 2.83. The van der Waals surface area contributed by atoms with E-state index >= 15 is 0 Å². The second-order valence-corrected chi connectivity index (χ2v) is 6.27. The Hall–Kier alpha value is -0.870. The van der Waals surface area contributed by atoms with E-state index in [2.05, 4.69) is 60.7 Å². The molecule has 19 heavy (non-hydrogen) atoms. The summed E-state index contributed by atoms with van der Waals surface area (Å²) in [5.41, 5.74) is 2.67. The zero-order valence-corrected chi connectivity index (χ0v) is 13.0. The molecule has 1 unspecified atom stereocenters. The molecule has 2 rings (SSSR count). The molecule has 0 aliphatic carbocycles. The van der Waals surface area contributed by atoms with Crippen molar-refractivity contribution in [1.82, 2.24) is 20.0 Å². The van der Waals surface area contributed by atoms with Gasteiger partial charge in [0.15, 0.2) is 0 Å². The summed E-state index contributed by atoms with van der Waals surface area (Å²) < 4.78 is 2.13. The van der Waals surface area contributed by atoms with Crippen molar-refractivity contribution in [1.29, 1.82) is 0 Å². The molecule has 0 amide bonds. The molecule has 1 atom stereocenters. The third-order valence-electron chi connectivity index (χ3n) is 4.25. The Morgan fingerprint density at radius 1 is 1.42 bits per heavy atom. The number of hydrogen-bond acceptors (Lipinski definition) is 3. The quantitative estimate of drug-likeness (QED) is 0.905. The highest BCUT2D eigenvalue weighted by molar-refractivity contribution is 5.10. The average molecular weight is 264 g/mol. The maximum absolute atomic E-state index is 4.56. The second kappa shape index (κ2) is 5.63. The molecule has 0 aromatic carbocycles. The van der Waals surface area contributed by atoms with Gasteiger partial charge in [0.05, 0.1) is 11.4 Å². The van der Waals surface area contributed by atoms with E-state index in [1.807, 2.05) is 0 Å². The lowest BCUT2D eigenvalue weighted by molar-refractivity contribution is 0.0552. The molecule has 0 saturated carbocycles. The molecule has 1 aromatic rings. The molecule has 108 valence electrons. The maximum Gasteiger partial charge on any atom is 0.0597 e. The number of aromatic nitrogens is 2. The Balaban J connectivity index is 2.14. The summed E-state index contributed by atoms with van der Waals surface area (Å²) in [6.07, 6.45) is 1.19. The largest absolute Gasteiger partial charge is 0.311 e. The Bertz CT molecular complexity index is 422. The molecule has 1 fully saturated rings. The van der Waals surface area contributed by atoms with Gasteiger partial charge >= 0.3 is 0 Å². The van der Waals surface area contributed by atoms with Crippen LogP contribution in [0.4, 0.5) is 0 Å². The van der Waals surface area contributed by atoms with Crippen LogP contribution in [0, 0.1) is 6.92 Å². The zero-order valence-electron chi connectivity index (χ0n) is 13.0. The second-order valence-electron chi connectivity index (χ2n) is 6.27. The first kappa shape index (κ1) is 14.5. The zero-order chi connectivity index (χ0) is 14.0. The fraction of sp³-hybridized carbons (Fsp3) is 0.800. The van der Waals surface area contributed by atoms with Crippen LogP contribution in [0.15, 0.2) is 6.07 Å². The standard InChI is InChI=1S/C15H28N4/c1-6-13-9-18(15(4,5)11-16-13)10-14-8-12(3)17-19(14)7-2/h8,13,16H,6-7,9-11H2,1-5H3. The van der Waals surface area contributed by atoms with Crippen LogP contribution in [0.25, 0.3) is 0 Å². The van der Waals surface area contributed by atoms with Gasteiger partial charge in [0.25, 0.3) is 0 Å². The van der Waals surface area contributed by atoms with E-state index in [1.54, 1.807) is 0 Å². The molecule has 0 bridgehead atoms. The van der Waals surface area contributed by atoms with Gasteiger partial charge in [-0.25, -0.2) is 0 Å². The minimum absolute atomic E-state index is 0.211. The average Bonchev–Trinajstić information content (AvgIpc) is 2.72. The third-order valence-corrected chi connectivity index (χ3v) is 4.25. The number of nitrogens with zero attached hydrogens (tertiary/aromatic N) is 3. The van der Waals surface area contributed by atoms with Crippen LogP contribution in [0.5, 0.6) is 0 Å². The number of aryl methyl sites for hydroxylation is 2. The van der Waals surface area contributed by atoms with Crippen LogP contribution in [-0.2, 0) is 13.1 Å². The van der Waals surface area contributed by atoms with Gasteiger partial charge in [-0.3, -0.25) is 9.58 Å². The van der Waals surface area contributed by atoms with Crippen LogP contribution in [0.2, 0.25) is 0 Å². The van der Waals surface area contributed by atoms with Crippen molar-refractivity contribution in [2.24, 2.45) is 0 Å². The van der Waals surface area contributed by atoms with Crippen molar-refractivity contribution in [3.63, 3.8) is 0 Å². The van der Waals surface area contributed by atoms with Crippen molar-refractivity contribution in [2.75, 3.05) is 13.1 Å². The van der Waals surface area contributed by atoms with Gasteiger partial charge in [-0.1, -0.05) is 6.92 Å². The molecular formula is C15H28N4. The molecule has 1 saturated heterocycles. The highest BCUT2D eigenvalue weighted by Crippen LogP contribution is 2.22. The summed E-state index contributed by atoms with van der Waals surface area (Å²) in [4.78, 5) is 2.60. The molecule has 0 radical (unpaired) electrons. The Labute approximate surface area is 117 Å². The van der Waals surface area contributed by atoms with Crippen LogP contribution in [0.3, 0.4) is 0 Å². The molecule has 1 aromatic heterocycles. The SMILES string of the molecule is CCC1CN(Cc2cc(C)nn2CC)C(C)(C)CN1. The van der Waals surface area contributed by atoms with Crippen molar-refractivity contribution >= 4 is 0 Å². The minimum Gasteiger partial charge on any atom is -0.311 e. The van der Waals surface area contributed by atoms with Crippen LogP contribution >= 0.6 is 0 Å². The van der Waals surface area contributed by atoms with Gasteiger partial charge in [0, 0.05) is 37.8 Å². The van der Waals surface area contributed by atoms with Gasteiger partial charge in [-0.05, 0) is 40.2 Å². The summed E-state index contributed by atoms with van der Waals surface area (Å²) in [7, 11) is 0. The van der Waals surface area contributed by atoms with E-state index in [0.29, 0.717) is 6.04 Å². The monoisotopic (exact) mass is 264 g/mol. The molecule has 1 aliphatic rings. The fourth-order valence-electron chi connectivity index (χ4n) is 2.83. The molecule has 4 nitrogen and oxygen atoms in total. The molecule has 1 aliphatic heterocycles. The molecule has 0 spiro atoms. The normalized spacial score (nSPS) is 23.7. The summed E-state index contributed by atoms with van der Waals surface area (Å²) in [5, 5.41) is 8.20. The van der Waals surface area contributed by atoms with E-state index in [4.69, 9.17) is 0 Å². The first-order valence-corrected chi connectivity index (χ1v) is 7.48. The van der Waals surface area contributed by atoms with Gasteiger partial charge in [-0.2, -0.15) is 5.10 Å². The van der Waals surface area contributed by atoms with E-state index < -0.39 is 0 Å². The first-order chi connectivity index (χ1) is 8.96. The summed E-state index contributed by atoms with van der Waals surface area (Å²) in [6.45, 7) is 15.3. The van der Waals surface area contributed by atoms with E-state index in [-0.39, 0.29) is 5.54 Å². The van der Waals surface area contributed by atoms with Gasteiger partial charge in [-0.15, -0.1) is 0 Å². The number of piperazine rings is 1. The number of nitrogens with one attached hydrogen (secondary N) is 1. The van der Waals surface area contributed by atoms with Crippen LogP contribution in [0.1, 0.15) is 45.5 Å². The number of hydrogen-bond donors (Lipinski definition) is 1. The maximum atomic E-state index is 4.56. The predicted octanol–water partition coefficient (Wildman–Crippen LogP) is 2.17. The lowest BCUT2D eigenvalue weighted by Gasteiger charge is -2.46. The van der Waals surface area contributed by atoms with Crippen LogP contribution < -0.4 is 5.32 Å². The highest BCUT2D eigenvalue weighted by atomic mass is 15.3. The van der Waals surface area contributed by atoms with E-state index in [9.17, 15) is 0 Å². The van der Waals surface area contributed by atoms with Gasteiger partial charge < -0.3 is 5.32 Å². The van der Waals surface area contributed by atoms with Gasteiger partial charge in [0.2, 0.25) is 0 Å². The molecule has 2 heterocycles. The minimum atomic E-state index is 0.211. The lowest BCUT2D eigenvalue weighted by Crippen LogP contribution is -2.61. The predicted molar refractivity (Wildman–Crippen MR) is 79.2 cm³/mol. The summed E-state index contributed by atoms with van der Waals surface area (Å²) in [6, 6.07) is 2.84. The lowest BCUT2D eigenvalue weighted by atomic mass is 9.96. The van der Waals surface area contributed by atoms with Crippen molar-refractivity contribution < 1.29 is 0 Å². The number of rotatable bonds is 4. The summed E-state index contributed by atoms with van der Waals surface area (Å²) in [5.74, 6) is 0. The Morgan fingerprint density at radius 2 is 2.16 bits per heavy atom. The van der Waals surface area contributed by atoms with Crippen LogP contribution in [-0.4, -0.2) is 39.4 Å². The topological polar surface area (TPSA) is 33.1 Å². The van der Waals surface area contributed by atoms with Crippen molar-refractivity contribution in [3.8, 4) is 0 Å². The molecular weight excluding hydrogens is 236 g/mol. The van der Waals surface area contributed by atoms with Crippen molar-refractivity contribution in [2.45, 2.75) is 65.7 Å². The smallest absolute Gasteiger partial charge is 0.0597 e. The highest BCUT2D eigenvalue weighted by Gasteiger charge is 2.33. The molecule has 1 N–H and O–H groups in total. The first-order valence-electron chi connectivity index (χ1n) is 7.48. The summed E-state index contributed by atoms with van der Waals surface area (Å²) >= 11 is 0. The van der Waals surface area contributed by atoms with E-state index in [1.165, 1.54) is 12.1 Å². The van der Waals surface area contributed by atoms with Gasteiger partial charge in [0.1, 0.15) is 0 Å². The molecule has 4 heteroatoms. The Morgan fingerprint density at radius 3 is 2.79 bits per heavy atom. The van der Waals surface area contributed by atoms with Crippen molar-refractivity contribution in [3.05, 3.63) is 17.5 Å². The van der Waals surface area contributed by atoms with E-state index in [0.717, 1.165) is 31.9 Å². The Kier molecular flexibility index (Phi) is 4.31.